The third-order valence-electron chi connectivity index (χ3n) is 6.68. The first kappa shape index (κ1) is 24.4. The number of rotatable bonds is 7. The van der Waals surface area contributed by atoms with Crippen LogP contribution in [0.4, 0.5) is 0 Å². The van der Waals surface area contributed by atoms with Gasteiger partial charge in [-0.25, -0.2) is 0 Å². The summed E-state index contributed by atoms with van der Waals surface area (Å²) in [5, 5.41) is 10.2. The van der Waals surface area contributed by atoms with Gasteiger partial charge in [-0.1, -0.05) is 72.8 Å². The molecule has 0 aliphatic carbocycles. The molecule has 0 aromatic heterocycles. The number of carbonyl (C=O) groups is 3. The summed E-state index contributed by atoms with van der Waals surface area (Å²) in [6, 6.07) is 24.9. The largest absolute Gasteiger partial charge is 0.508 e. The van der Waals surface area contributed by atoms with Crippen LogP contribution in [0.25, 0.3) is 0 Å². The van der Waals surface area contributed by atoms with Crippen LogP contribution in [0.5, 0.6) is 5.75 Å². The van der Waals surface area contributed by atoms with E-state index in [4.69, 9.17) is 0 Å². The van der Waals surface area contributed by atoms with Crippen LogP contribution in [0, 0.1) is 11.8 Å². The van der Waals surface area contributed by atoms with Gasteiger partial charge in [0.25, 0.3) is 0 Å². The Labute approximate surface area is 205 Å². The highest BCUT2D eigenvalue weighted by atomic mass is 16.3. The Balaban J connectivity index is 1.81. The van der Waals surface area contributed by atoms with Gasteiger partial charge in [0.2, 0.25) is 5.91 Å². The predicted molar refractivity (Wildman–Crippen MR) is 135 cm³/mol. The van der Waals surface area contributed by atoms with Crippen molar-refractivity contribution in [3.05, 3.63) is 102 Å². The number of hydrogen-bond donors (Lipinski definition) is 1. The average Bonchev–Trinajstić information content (AvgIpc) is 2.88. The fraction of sp³-hybridized carbons (Fsp3) is 0.276. The molecule has 1 heterocycles. The minimum absolute atomic E-state index is 0.0770. The van der Waals surface area contributed by atoms with Crippen molar-refractivity contribution in [1.82, 2.24) is 9.80 Å². The first-order valence-corrected chi connectivity index (χ1v) is 11.7. The zero-order valence-corrected chi connectivity index (χ0v) is 20.0. The number of piperidine rings is 1. The van der Waals surface area contributed by atoms with Crippen molar-refractivity contribution < 1.29 is 19.5 Å². The minimum atomic E-state index is -0.569. The van der Waals surface area contributed by atoms with Crippen molar-refractivity contribution >= 4 is 17.5 Å². The molecule has 1 fully saturated rings. The summed E-state index contributed by atoms with van der Waals surface area (Å²) in [7, 11) is 3.39. The van der Waals surface area contributed by atoms with Gasteiger partial charge in [-0.05, 0) is 17.7 Å². The lowest BCUT2D eigenvalue weighted by molar-refractivity contribution is -0.130. The van der Waals surface area contributed by atoms with E-state index in [-0.39, 0.29) is 29.8 Å². The molecule has 3 aromatic rings. The summed E-state index contributed by atoms with van der Waals surface area (Å²) in [5.74, 6) is -1.74. The van der Waals surface area contributed by atoms with E-state index in [2.05, 4.69) is 0 Å². The summed E-state index contributed by atoms with van der Waals surface area (Å²) in [4.78, 5) is 43.7. The minimum Gasteiger partial charge on any atom is -0.508 e. The van der Waals surface area contributed by atoms with Crippen molar-refractivity contribution in [2.45, 2.75) is 5.92 Å². The van der Waals surface area contributed by atoms with Gasteiger partial charge < -0.3 is 10.0 Å². The number of nitrogens with zero attached hydrogens (tertiary/aromatic N) is 2. The van der Waals surface area contributed by atoms with Gasteiger partial charge in [-0.2, -0.15) is 0 Å². The van der Waals surface area contributed by atoms with Crippen LogP contribution in [0.15, 0.2) is 84.9 Å². The highest BCUT2D eigenvalue weighted by Crippen LogP contribution is 2.41. The molecule has 1 N–H and O–H groups in total. The summed E-state index contributed by atoms with van der Waals surface area (Å²) in [6.07, 6.45) is 0. The Morgan fingerprint density at radius 2 is 1.31 bits per heavy atom. The maximum absolute atomic E-state index is 13.8. The molecule has 0 saturated carbocycles. The van der Waals surface area contributed by atoms with Gasteiger partial charge in [-0.15, -0.1) is 0 Å². The molecule has 1 amide bonds. The Bertz CT molecular complexity index is 1130. The predicted octanol–water partition coefficient (Wildman–Crippen LogP) is 3.88. The molecular formula is C29H30N2O4. The number of likely N-dealkylation sites (N-methyl/N-ethyl adjacent to an activating group) is 1. The second-order valence-corrected chi connectivity index (χ2v) is 9.28. The summed E-state index contributed by atoms with van der Waals surface area (Å²) in [5.41, 5.74) is 1.87. The zero-order valence-electron chi connectivity index (χ0n) is 20.0. The monoisotopic (exact) mass is 470 g/mol. The number of amides is 1. The van der Waals surface area contributed by atoms with Gasteiger partial charge >= 0.3 is 0 Å². The molecule has 3 aromatic carbocycles. The molecule has 0 radical (unpaired) electrons. The van der Waals surface area contributed by atoms with E-state index in [0.717, 1.165) is 5.56 Å². The number of phenolic OH excluding ortho intramolecular Hbond substituents is 1. The molecule has 4 rings (SSSR count). The smallest absolute Gasteiger partial charge is 0.236 e. The molecule has 2 unspecified atom stereocenters. The van der Waals surface area contributed by atoms with Gasteiger partial charge in [-0.3, -0.25) is 19.3 Å². The van der Waals surface area contributed by atoms with Crippen LogP contribution >= 0.6 is 0 Å². The molecule has 1 aliphatic rings. The highest BCUT2D eigenvalue weighted by Gasteiger charge is 2.45. The lowest BCUT2D eigenvalue weighted by atomic mass is 9.68. The second-order valence-electron chi connectivity index (χ2n) is 9.28. The summed E-state index contributed by atoms with van der Waals surface area (Å²) in [6.45, 7) is 0.801. The number of phenols is 1. The van der Waals surface area contributed by atoms with Gasteiger partial charge in [0.05, 0.1) is 6.54 Å². The fourth-order valence-corrected chi connectivity index (χ4v) is 4.92. The van der Waals surface area contributed by atoms with E-state index in [1.807, 2.05) is 47.4 Å². The van der Waals surface area contributed by atoms with Crippen molar-refractivity contribution in [2.75, 3.05) is 33.7 Å². The SMILES string of the molecule is CN(C)C(=O)CN1CC(C(=O)c2ccccc2)C(c2cccc(O)c2)C(C(=O)c2ccccc2)C1. The van der Waals surface area contributed by atoms with Crippen LogP contribution in [-0.4, -0.2) is 66.1 Å². The van der Waals surface area contributed by atoms with Crippen LogP contribution in [0.2, 0.25) is 0 Å². The number of benzene rings is 3. The van der Waals surface area contributed by atoms with Crippen LogP contribution in [0.3, 0.4) is 0 Å². The Morgan fingerprint density at radius 3 is 1.77 bits per heavy atom. The standard InChI is InChI=1S/C29H30N2O4/c1-30(2)26(33)19-31-17-24(28(34)20-10-5-3-6-11-20)27(22-14-9-15-23(32)16-22)25(18-31)29(35)21-12-7-4-8-13-21/h3-16,24-25,27,32H,17-19H2,1-2H3. The normalized spacial score (nSPS) is 20.2. The second kappa shape index (κ2) is 10.7. The molecule has 0 spiro atoms. The Morgan fingerprint density at radius 1 is 0.800 bits per heavy atom. The number of ketones is 2. The number of Topliss-reactive ketones (excluding diaryl/α,β-unsaturated/α-hetero) is 2. The van der Waals surface area contributed by atoms with Crippen molar-refractivity contribution in [3.63, 3.8) is 0 Å². The average molecular weight is 471 g/mol. The van der Waals surface area contributed by atoms with Gasteiger partial charge in [0, 0.05) is 56.1 Å². The quantitative estimate of drug-likeness (QED) is 0.531. The lowest BCUT2D eigenvalue weighted by Gasteiger charge is -2.43. The van der Waals surface area contributed by atoms with Crippen LogP contribution in [0.1, 0.15) is 32.2 Å². The molecule has 2 atom stereocenters. The first-order chi connectivity index (χ1) is 16.8. The third kappa shape index (κ3) is 5.49. The van der Waals surface area contributed by atoms with E-state index < -0.39 is 17.8 Å². The lowest BCUT2D eigenvalue weighted by Crippen LogP contribution is -2.52. The first-order valence-electron chi connectivity index (χ1n) is 11.7. The summed E-state index contributed by atoms with van der Waals surface area (Å²) < 4.78 is 0. The van der Waals surface area contributed by atoms with E-state index >= 15 is 0 Å². The molecule has 180 valence electrons. The van der Waals surface area contributed by atoms with E-state index in [9.17, 15) is 19.5 Å². The van der Waals surface area contributed by atoms with Crippen molar-refractivity contribution in [2.24, 2.45) is 11.8 Å². The van der Waals surface area contributed by atoms with Crippen molar-refractivity contribution in [3.8, 4) is 5.75 Å². The summed E-state index contributed by atoms with van der Waals surface area (Å²) >= 11 is 0. The number of carbonyl (C=O) groups excluding carboxylic acids is 3. The van der Waals surface area contributed by atoms with Crippen LogP contribution in [-0.2, 0) is 4.79 Å². The number of aromatic hydroxyl groups is 1. The van der Waals surface area contributed by atoms with Gasteiger partial charge in [0.1, 0.15) is 5.75 Å². The molecule has 6 nitrogen and oxygen atoms in total. The molecule has 6 heteroatoms. The van der Waals surface area contributed by atoms with E-state index in [0.29, 0.717) is 24.2 Å². The Hall–Kier alpha value is -3.77. The highest BCUT2D eigenvalue weighted by molar-refractivity contribution is 6.02. The third-order valence-corrected chi connectivity index (χ3v) is 6.68. The maximum Gasteiger partial charge on any atom is 0.236 e. The molecular weight excluding hydrogens is 440 g/mol. The topological polar surface area (TPSA) is 77.9 Å². The van der Waals surface area contributed by atoms with E-state index in [1.54, 1.807) is 56.6 Å². The Kier molecular flexibility index (Phi) is 7.42. The molecule has 0 bridgehead atoms. The maximum atomic E-state index is 13.8. The molecule has 35 heavy (non-hydrogen) atoms. The molecule has 1 aliphatic heterocycles. The molecule has 1 saturated heterocycles. The van der Waals surface area contributed by atoms with Gasteiger partial charge in [0.15, 0.2) is 11.6 Å². The number of likely N-dealkylation sites (tertiary alicyclic amines) is 1. The number of hydrogen-bond acceptors (Lipinski definition) is 5. The zero-order chi connectivity index (χ0) is 24.9. The fourth-order valence-electron chi connectivity index (χ4n) is 4.92. The van der Waals surface area contributed by atoms with E-state index in [1.165, 1.54) is 4.90 Å². The van der Waals surface area contributed by atoms with Crippen LogP contribution < -0.4 is 0 Å². The van der Waals surface area contributed by atoms with Crippen molar-refractivity contribution in [1.29, 1.82) is 0 Å².